The van der Waals surface area contributed by atoms with Crippen molar-refractivity contribution in [3.63, 3.8) is 0 Å². The number of amidine groups is 1. The van der Waals surface area contributed by atoms with Gasteiger partial charge in [0.05, 0.1) is 12.0 Å². The maximum atomic E-state index is 12.7. The van der Waals surface area contributed by atoms with E-state index in [-0.39, 0.29) is 5.91 Å². The number of imidazole rings is 1. The Hall–Kier alpha value is -4.26. The molecule has 2 aromatic carbocycles. The number of pyridine rings is 1. The van der Waals surface area contributed by atoms with E-state index < -0.39 is 0 Å². The molecule has 2 aromatic heterocycles. The summed E-state index contributed by atoms with van der Waals surface area (Å²) in [5.41, 5.74) is 12.1. The molecule has 32 heavy (non-hydrogen) atoms. The van der Waals surface area contributed by atoms with Gasteiger partial charge in [-0.05, 0) is 48.9 Å². The summed E-state index contributed by atoms with van der Waals surface area (Å²) >= 11 is 0. The van der Waals surface area contributed by atoms with Gasteiger partial charge in [-0.2, -0.15) is 0 Å². The van der Waals surface area contributed by atoms with Gasteiger partial charge in [-0.25, -0.2) is 4.98 Å². The van der Waals surface area contributed by atoms with Crippen LogP contribution in [0.25, 0.3) is 11.3 Å². The predicted octanol–water partition coefficient (Wildman–Crippen LogP) is 3.98. The maximum Gasteiger partial charge on any atom is 0.255 e. The lowest BCUT2D eigenvalue weighted by molar-refractivity contribution is 0.102. The molecule has 4 N–H and O–H groups in total. The van der Waals surface area contributed by atoms with E-state index >= 15 is 0 Å². The highest BCUT2D eigenvalue weighted by Crippen LogP contribution is 2.25. The number of carbonyl (C=O) groups excluding carboxylic acids is 1. The summed E-state index contributed by atoms with van der Waals surface area (Å²) in [6.07, 6.45) is 5.90. The van der Waals surface area contributed by atoms with Gasteiger partial charge in [0.25, 0.3) is 5.91 Å². The highest BCUT2D eigenvalue weighted by molar-refractivity contribution is 6.05. The number of carbonyl (C=O) groups is 1. The van der Waals surface area contributed by atoms with Crippen LogP contribution in [-0.4, -0.2) is 33.2 Å². The van der Waals surface area contributed by atoms with Gasteiger partial charge in [-0.15, -0.1) is 0 Å². The molecule has 1 amide bonds. The van der Waals surface area contributed by atoms with Gasteiger partial charge in [0.1, 0.15) is 5.84 Å². The van der Waals surface area contributed by atoms with E-state index in [2.05, 4.69) is 25.3 Å². The molecule has 4 rings (SSSR count). The molecule has 0 radical (unpaired) electrons. The maximum absolute atomic E-state index is 12.7. The zero-order valence-electron chi connectivity index (χ0n) is 17.7. The Labute approximate surface area is 186 Å². The summed E-state index contributed by atoms with van der Waals surface area (Å²) in [6.45, 7) is 2.58. The molecule has 0 atom stereocenters. The fourth-order valence-electron chi connectivity index (χ4n) is 3.30. The summed E-state index contributed by atoms with van der Waals surface area (Å²) in [5.74, 6) is 0.247. The van der Waals surface area contributed by atoms with Crippen LogP contribution < -0.4 is 11.1 Å². The molecule has 160 valence electrons. The van der Waals surface area contributed by atoms with Crippen LogP contribution in [-0.2, 0) is 6.42 Å². The van der Waals surface area contributed by atoms with Crippen LogP contribution in [0.3, 0.4) is 0 Å². The van der Waals surface area contributed by atoms with Gasteiger partial charge < -0.3 is 16.0 Å². The first-order valence-electron chi connectivity index (χ1n) is 10.3. The number of aliphatic imine (C=N–C) groups is 1. The number of H-pyrrole nitrogens is 1. The lowest BCUT2D eigenvalue weighted by Crippen LogP contribution is -2.16. The average Bonchev–Trinajstić information content (AvgIpc) is 3.34. The molecule has 0 aliphatic carbocycles. The van der Waals surface area contributed by atoms with Gasteiger partial charge in [0, 0.05) is 53.4 Å². The van der Waals surface area contributed by atoms with Crippen molar-refractivity contribution in [2.45, 2.75) is 13.3 Å². The molecule has 0 unspecified atom stereocenters. The molecule has 0 saturated carbocycles. The number of aromatic nitrogens is 3. The molecule has 0 bridgehead atoms. The van der Waals surface area contributed by atoms with Crippen LogP contribution in [0.4, 0.5) is 5.69 Å². The number of hydrogen-bond donors (Lipinski definition) is 3. The molecular weight excluding hydrogens is 400 g/mol. The topological polar surface area (TPSA) is 109 Å². The third-order valence-corrected chi connectivity index (χ3v) is 5.10. The Bertz CT molecular complexity index is 1220. The minimum absolute atomic E-state index is 0.192. The number of aromatic amines is 1. The Balaban J connectivity index is 1.42. The molecule has 4 aromatic rings. The van der Waals surface area contributed by atoms with Crippen LogP contribution in [0.5, 0.6) is 0 Å². The van der Waals surface area contributed by atoms with E-state index in [9.17, 15) is 4.79 Å². The van der Waals surface area contributed by atoms with Crippen molar-refractivity contribution in [2.75, 3.05) is 11.9 Å². The lowest BCUT2D eigenvalue weighted by atomic mass is 10.0. The number of benzene rings is 2. The van der Waals surface area contributed by atoms with Crippen molar-refractivity contribution in [2.24, 2.45) is 10.7 Å². The summed E-state index contributed by atoms with van der Waals surface area (Å²) < 4.78 is 0. The van der Waals surface area contributed by atoms with Gasteiger partial charge in [0.2, 0.25) is 0 Å². The van der Waals surface area contributed by atoms with Crippen molar-refractivity contribution in [1.29, 1.82) is 0 Å². The summed E-state index contributed by atoms with van der Waals surface area (Å²) in [7, 11) is 0. The largest absolute Gasteiger partial charge is 0.384 e. The van der Waals surface area contributed by atoms with E-state index in [1.54, 1.807) is 43.0 Å². The molecule has 0 spiro atoms. The second kappa shape index (κ2) is 9.70. The Kier molecular flexibility index (Phi) is 6.36. The molecule has 7 nitrogen and oxygen atoms in total. The normalized spacial score (nSPS) is 11.3. The molecule has 0 saturated heterocycles. The molecule has 0 aliphatic rings. The van der Waals surface area contributed by atoms with Crippen molar-refractivity contribution in [1.82, 2.24) is 15.0 Å². The first kappa shape index (κ1) is 21.0. The first-order valence-corrected chi connectivity index (χ1v) is 10.3. The number of nitrogens with two attached hydrogens (primary N) is 1. The minimum Gasteiger partial charge on any atom is -0.384 e. The molecule has 0 fully saturated rings. The zero-order valence-corrected chi connectivity index (χ0v) is 17.7. The highest BCUT2D eigenvalue weighted by Gasteiger charge is 2.10. The number of hydrogen-bond acceptors (Lipinski definition) is 4. The Morgan fingerprint density at radius 1 is 1.09 bits per heavy atom. The van der Waals surface area contributed by atoms with Gasteiger partial charge in [-0.3, -0.25) is 14.8 Å². The SMILES string of the molecule is Cc1ccc(NC(=O)c2ccc(C(N)=NCCc3cnc[nH]3)cc2)cc1-c1ccccn1. The molecule has 7 heteroatoms. The van der Waals surface area contributed by atoms with Gasteiger partial charge in [-0.1, -0.05) is 24.3 Å². The van der Waals surface area contributed by atoms with E-state index in [1.807, 2.05) is 43.3 Å². The number of amides is 1. The van der Waals surface area contributed by atoms with Gasteiger partial charge in [0.15, 0.2) is 0 Å². The third kappa shape index (κ3) is 5.07. The first-order chi connectivity index (χ1) is 15.6. The van der Waals surface area contributed by atoms with Crippen LogP contribution in [0, 0.1) is 6.92 Å². The minimum atomic E-state index is -0.192. The molecular formula is C25H24N6O. The van der Waals surface area contributed by atoms with E-state index in [1.165, 1.54) is 0 Å². The smallest absolute Gasteiger partial charge is 0.255 e. The monoisotopic (exact) mass is 424 g/mol. The van der Waals surface area contributed by atoms with Crippen LogP contribution in [0.2, 0.25) is 0 Å². The standard InChI is InChI=1S/C25H24N6O/c1-17-5-10-20(14-22(17)23-4-2-3-12-28-23)31-25(32)19-8-6-18(7-9-19)24(26)29-13-11-21-15-27-16-30-21/h2-10,12,14-16H,11,13H2,1H3,(H2,26,29)(H,27,30)(H,31,32). The van der Waals surface area contributed by atoms with Crippen molar-refractivity contribution in [3.05, 3.63) is 102 Å². The fourth-order valence-corrected chi connectivity index (χ4v) is 3.30. The summed E-state index contributed by atoms with van der Waals surface area (Å²) in [4.78, 5) is 28.6. The third-order valence-electron chi connectivity index (χ3n) is 5.10. The lowest BCUT2D eigenvalue weighted by Gasteiger charge is -2.10. The van der Waals surface area contributed by atoms with Crippen molar-refractivity contribution >= 4 is 17.4 Å². The number of nitrogens with zero attached hydrogens (tertiary/aromatic N) is 3. The number of nitrogens with one attached hydrogen (secondary N) is 2. The molecule has 0 aliphatic heterocycles. The molecule has 2 heterocycles. The summed E-state index contributed by atoms with van der Waals surface area (Å²) in [6, 6.07) is 18.7. The van der Waals surface area contributed by atoms with Crippen LogP contribution >= 0.6 is 0 Å². The second-order valence-electron chi connectivity index (χ2n) is 7.37. The number of aryl methyl sites for hydroxylation is 1. The van der Waals surface area contributed by atoms with Crippen molar-refractivity contribution in [3.8, 4) is 11.3 Å². The quantitative estimate of drug-likeness (QED) is 0.308. The average molecular weight is 425 g/mol. The second-order valence-corrected chi connectivity index (χ2v) is 7.37. The van der Waals surface area contributed by atoms with E-state index in [0.29, 0.717) is 23.6 Å². The zero-order chi connectivity index (χ0) is 22.3. The van der Waals surface area contributed by atoms with Crippen molar-refractivity contribution < 1.29 is 4.79 Å². The highest BCUT2D eigenvalue weighted by atomic mass is 16.1. The summed E-state index contributed by atoms with van der Waals surface area (Å²) in [5, 5.41) is 2.96. The Morgan fingerprint density at radius 2 is 1.91 bits per heavy atom. The van der Waals surface area contributed by atoms with E-state index in [4.69, 9.17) is 5.73 Å². The van der Waals surface area contributed by atoms with Crippen LogP contribution in [0.1, 0.15) is 27.2 Å². The van der Waals surface area contributed by atoms with E-state index in [0.717, 1.165) is 34.5 Å². The number of anilines is 1. The number of rotatable bonds is 7. The van der Waals surface area contributed by atoms with Crippen LogP contribution in [0.15, 0.2) is 84.4 Å². The van der Waals surface area contributed by atoms with Gasteiger partial charge >= 0.3 is 0 Å². The Morgan fingerprint density at radius 3 is 2.62 bits per heavy atom. The predicted molar refractivity (Wildman–Crippen MR) is 127 cm³/mol. The fraction of sp³-hybridized carbons (Fsp3) is 0.120.